The van der Waals surface area contributed by atoms with Crippen molar-refractivity contribution in [1.29, 1.82) is 0 Å². The average molecular weight is 327 g/mol. The van der Waals surface area contributed by atoms with Gasteiger partial charge in [0.1, 0.15) is 6.04 Å². The third-order valence-electron chi connectivity index (χ3n) is 4.90. The normalized spacial score (nSPS) is 19.5. The number of benzene rings is 1. The van der Waals surface area contributed by atoms with Gasteiger partial charge in [-0.15, -0.1) is 0 Å². The molecular formula is C19H25N3O2. The molecule has 2 saturated carbocycles. The smallest absolute Gasteiger partial charge is 0.248 e. The number of nitrogens with zero attached hydrogens (tertiary/aromatic N) is 2. The first kappa shape index (κ1) is 15.6. The van der Waals surface area contributed by atoms with Gasteiger partial charge in [0.2, 0.25) is 5.89 Å². The molecule has 2 aromatic rings. The Balaban J connectivity index is 1.30. The molecule has 128 valence electrons. The summed E-state index contributed by atoms with van der Waals surface area (Å²) >= 11 is 0. The zero-order chi connectivity index (χ0) is 16.4. The van der Waals surface area contributed by atoms with Crippen LogP contribution in [0.4, 0.5) is 5.69 Å². The van der Waals surface area contributed by atoms with Crippen LogP contribution in [0.1, 0.15) is 74.7 Å². The number of anilines is 1. The molecule has 2 aliphatic rings. The fourth-order valence-electron chi connectivity index (χ4n) is 3.21. The minimum atomic E-state index is 0.00517. The van der Waals surface area contributed by atoms with Crippen LogP contribution in [0.15, 0.2) is 28.8 Å². The summed E-state index contributed by atoms with van der Waals surface area (Å²) in [5.41, 5.74) is 2.27. The molecule has 24 heavy (non-hydrogen) atoms. The predicted octanol–water partition coefficient (Wildman–Crippen LogP) is 4.58. The molecule has 0 aliphatic heterocycles. The van der Waals surface area contributed by atoms with Crippen LogP contribution < -0.4 is 5.32 Å². The summed E-state index contributed by atoms with van der Waals surface area (Å²) in [5.74, 6) is 2.04. The Morgan fingerprint density at radius 3 is 2.62 bits per heavy atom. The van der Waals surface area contributed by atoms with Crippen molar-refractivity contribution in [3.63, 3.8) is 0 Å². The maximum Gasteiger partial charge on any atom is 0.248 e. The van der Waals surface area contributed by atoms with Crippen LogP contribution in [-0.2, 0) is 11.3 Å². The lowest BCUT2D eigenvalue weighted by atomic mass is 10.2. The van der Waals surface area contributed by atoms with Crippen molar-refractivity contribution in [3.05, 3.63) is 41.5 Å². The van der Waals surface area contributed by atoms with E-state index in [1.807, 2.05) is 6.92 Å². The fourth-order valence-corrected chi connectivity index (χ4v) is 3.21. The summed E-state index contributed by atoms with van der Waals surface area (Å²) < 4.78 is 11.3. The zero-order valence-corrected chi connectivity index (χ0v) is 14.2. The summed E-state index contributed by atoms with van der Waals surface area (Å²) in [7, 11) is 0. The highest BCUT2D eigenvalue weighted by Crippen LogP contribution is 2.38. The summed E-state index contributed by atoms with van der Waals surface area (Å²) in [6, 6.07) is 8.41. The van der Waals surface area contributed by atoms with Crippen molar-refractivity contribution in [1.82, 2.24) is 10.1 Å². The predicted molar refractivity (Wildman–Crippen MR) is 91.8 cm³/mol. The first-order valence-corrected chi connectivity index (χ1v) is 9.08. The highest BCUT2D eigenvalue weighted by Gasteiger charge is 2.29. The van der Waals surface area contributed by atoms with Crippen LogP contribution in [0, 0.1) is 0 Å². The summed E-state index contributed by atoms with van der Waals surface area (Å²) in [6.07, 6.45) is 7.87. The number of aromatic nitrogens is 2. The summed E-state index contributed by atoms with van der Waals surface area (Å²) in [6.45, 7) is 2.75. The molecule has 1 atom stereocenters. The first-order valence-electron chi connectivity index (χ1n) is 9.08. The van der Waals surface area contributed by atoms with Crippen molar-refractivity contribution in [3.8, 4) is 0 Å². The molecule has 1 aromatic carbocycles. The number of rotatable bonds is 7. The van der Waals surface area contributed by atoms with Crippen LogP contribution in [0.3, 0.4) is 0 Å². The van der Waals surface area contributed by atoms with E-state index in [1.165, 1.54) is 44.1 Å². The molecular weight excluding hydrogens is 302 g/mol. The monoisotopic (exact) mass is 327 g/mol. The van der Waals surface area contributed by atoms with Gasteiger partial charge >= 0.3 is 0 Å². The highest BCUT2D eigenvalue weighted by molar-refractivity contribution is 5.45. The minimum absolute atomic E-state index is 0.00517. The van der Waals surface area contributed by atoms with Gasteiger partial charge in [0, 0.05) is 11.6 Å². The van der Waals surface area contributed by atoms with Crippen molar-refractivity contribution in [2.45, 2.75) is 70.1 Å². The second kappa shape index (κ2) is 6.93. The van der Waals surface area contributed by atoms with Crippen molar-refractivity contribution >= 4 is 5.69 Å². The SMILES string of the molecule is C[C@@H](Nc1ccc(COC2CCCC2)cc1)c1nc(C2CC2)no1. The van der Waals surface area contributed by atoms with E-state index in [2.05, 4.69) is 39.7 Å². The number of nitrogens with one attached hydrogen (secondary N) is 1. The van der Waals surface area contributed by atoms with Gasteiger partial charge in [-0.3, -0.25) is 0 Å². The van der Waals surface area contributed by atoms with Crippen molar-refractivity contribution < 1.29 is 9.26 Å². The van der Waals surface area contributed by atoms with Gasteiger partial charge in [-0.05, 0) is 50.3 Å². The molecule has 5 nitrogen and oxygen atoms in total. The third kappa shape index (κ3) is 3.78. The standard InChI is InChI=1S/C19H25N3O2/c1-13(19-21-18(22-24-19)15-8-9-15)20-16-10-6-14(7-11-16)12-23-17-4-2-3-5-17/h6-7,10-11,13,15,17,20H,2-5,8-9,12H2,1H3/t13-/m1/s1. The Hall–Kier alpha value is -1.88. The van der Waals surface area contributed by atoms with Gasteiger partial charge in [-0.25, -0.2) is 0 Å². The average Bonchev–Trinajstić information content (AvgIpc) is 3.12. The second-order valence-electron chi connectivity index (χ2n) is 7.05. The summed E-state index contributed by atoms with van der Waals surface area (Å²) in [5, 5.41) is 7.49. The van der Waals surface area contributed by atoms with Crippen LogP contribution in [0.5, 0.6) is 0 Å². The second-order valence-corrected chi connectivity index (χ2v) is 7.05. The largest absolute Gasteiger partial charge is 0.374 e. The zero-order valence-electron chi connectivity index (χ0n) is 14.2. The summed E-state index contributed by atoms with van der Waals surface area (Å²) in [4.78, 5) is 4.50. The molecule has 0 radical (unpaired) electrons. The lowest BCUT2D eigenvalue weighted by Crippen LogP contribution is -2.08. The van der Waals surface area contributed by atoms with Crippen LogP contribution >= 0.6 is 0 Å². The van der Waals surface area contributed by atoms with Gasteiger partial charge in [0.15, 0.2) is 5.82 Å². The molecule has 0 amide bonds. The maximum absolute atomic E-state index is 5.96. The number of hydrogen-bond donors (Lipinski definition) is 1. The van der Waals surface area contributed by atoms with Crippen molar-refractivity contribution in [2.24, 2.45) is 0 Å². The number of hydrogen-bond acceptors (Lipinski definition) is 5. The van der Waals surface area contributed by atoms with E-state index in [-0.39, 0.29) is 6.04 Å². The molecule has 1 heterocycles. The Labute approximate surface area is 142 Å². The molecule has 1 aromatic heterocycles. The van der Waals surface area contributed by atoms with Crippen LogP contribution in [0.25, 0.3) is 0 Å². The molecule has 1 N–H and O–H groups in total. The Bertz CT molecular complexity index is 658. The molecule has 0 unspecified atom stereocenters. The quantitative estimate of drug-likeness (QED) is 0.806. The van der Waals surface area contributed by atoms with E-state index in [1.54, 1.807) is 0 Å². The van der Waals surface area contributed by atoms with E-state index in [0.29, 0.717) is 24.5 Å². The van der Waals surface area contributed by atoms with Crippen LogP contribution in [-0.4, -0.2) is 16.2 Å². The van der Waals surface area contributed by atoms with Gasteiger partial charge in [0.05, 0.1) is 12.7 Å². The van der Waals surface area contributed by atoms with Crippen LogP contribution in [0.2, 0.25) is 0 Å². The third-order valence-corrected chi connectivity index (χ3v) is 4.90. The highest BCUT2D eigenvalue weighted by atomic mass is 16.5. The van der Waals surface area contributed by atoms with E-state index < -0.39 is 0 Å². The van der Waals surface area contributed by atoms with Gasteiger partial charge in [-0.1, -0.05) is 30.1 Å². The molecule has 2 aliphatic carbocycles. The van der Waals surface area contributed by atoms with Gasteiger partial charge < -0.3 is 14.6 Å². The molecule has 0 bridgehead atoms. The maximum atomic E-state index is 5.96. The lowest BCUT2D eigenvalue weighted by Gasteiger charge is -2.13. The topological polar surface area (TPSA) is 60.2 Å². The Kier molecular flexibility index (Phi) is 4.52. The first-order chi connectivity index (χ1) is 11.8. The lowest BCUT2D eigenvalue weighted by molar-refractivity contribution is 0.0457. The van der Waals surface area contributed by atoms with E-state index >= 15 is 0 Å². The van der Waals surface area contributed by atoms with Crippen molar-refractivity contribution in [2.75, 3.05) is 5.32 Å². The van der Waals surface area contributed by atoms with E-state index in [9.17, 15) is 0 Å². The number of ether oxygens (including phenoxy) is 1. The van der Waals surface area contributed by atoms with Gasteiger partial charge in [0.25, 0.3) is 0 Å². The fraction of sp³-hybridized carbons (Fsp3) is 0.579. The molecule has 0 spiro atoms. The van der Waals surface area contributed by atoms with Gasteiger partial charge in [-0.2, -0.15) is 4.98 Å². The molecule has 5 heteroatoms. The molecule has 4 rings (SSSR count). The minimum Gasteiger partial charge on any atom is -0.374 e. The van der Waals surface area contributed by atoms with E-state index in [4.69, 9.17) is 9.26 Å². The van der Waals surface area contributed by atoms with E-state index in [0.717, 1.165) is 11.5 Å². The Morgan fingerprint density at radius 2 is 1.92 bits per heavy atom. The molecule has 2 fully saturated rings. The Morgan fingerprint density at radius 1 is 1.17 bits per heavy atom. The molecule has 0 saturated heterocycles.